The van der Waals surface area contributed by atoms with Crippen molar-refractivity contribution < 1.29 is 4.79 Å². The van der Waals surface area contributed by atoms with Gasteiger partial charge in [-0.15, -0.1) is 0 Å². The van der Waals surface area contributed by atoms with Gasteiger partial charge in [0, 0.05) is 18.9 Å². The highest BCUT2D eigenvalue weighted by atomic mass is 16.2. The molecule has 1 heterocycles. The first-order valence-electron chi connectivity index (χ1n) is 8.40. The van der Waals surface area contributed by atoms with Crippen molar-refractivity contribution in [2.45, 2.75) is 19.4 Å². The monoisotopic (exact) mass is 334 g/mol. The van der Waals surface area contributed by atoms with Crippen molar-refractivity contribution in [1.82, 2.24) is 20.4 Å². The number of hydrogen-bond donors (Lipinski definition) is 2. The number of aromatic nitrogens is 2. The van der Waals surface area contributed by atoms with Crippen molar-refractivity contribution in [3.05, 3.63) is 84.2 Å². The summed E-state index contributed by atoms with van der Waals surface area (Å²) in [5, 5.41) is 10.1. The van der Waals surface area contributed by atoms with Crippen LogP contribution in [-0.2, 0) is 6.42 Å². The first kappa shape index (κ1) is 16.8. The lowest BCUT2D eigenvalue weighted by atomic mass is 10.1. The van der Waals surface area contributed by atoms with E-state index in [-0.39, 0.29) is 12.1 Å². The molecule has 2 aromatic carbocycles. The Morgan fingerprint density at radius 2 is 1.84 bits per heavy atom. The lowest BCUT2D eigenvalue weighted by molar-refractivity contribution is 0.238. The van der Waals surface area contributed by atoms with Gasteiger partial charge in [-0.1, -0.05) is 42.5 Å². The lowest BCUT2D eigenvalue weighted by Gasteiger charge is -2.15. The maximum Gasteiger partial charge on any atom is 0.315 e. The van der Waals surface area contributed by atoms with Gasteiger partial charge in [-0.2, -0.15) is 5.10 Å². The Balaban J connectivity index is 1.44. The zero-order chi connectivity index (χ0) is 17.5. The molecule has 0 radical (unpaired) electrons. The molecule has 0 aliphatic carbocycles. The van der Waals surface area contributed by atoms with Gasteiger partial charge in [0.2, 0.25) is 0 Å². The first-order valence-corrected chi connectivity index (χ1v) is 8.40. The van der Waals surface area contributed by atoms with Crippen molar-refractivity contribution in [2.24, 2.45) is 0 Å². The molecule has 0 saturated carbocycles. The second kappa shape index (κ2) is 8.15. The highest BCUT2D eigenvalue weighted by Crippen LogP contribution is 2.11. The molecule has 1 unspecified atom stereocenters. The Hall–Kier alpha value is -3.08. The Kier molecular flexibility index (Phi) is 5.46. The number of benzene rings is 2. The fourth-order valence-corrected chi connectivity index (χ4v) is 2.63. The third kappa shape index (κ3) is 4.70. The average molecular weight is 334 g/mol. The zero-order valence-electron chi connectivity index (χ0n) is 14.2. The second-order valence-electron chi connectivity index (χ2n) is 5.90. The average Bonchev–Trinajstić information content (AvgIpc) is 3.18. The molecule has 5 nitrogen and oxygen atoms in total. The van der Waals surface area contributed by atoms with E-state index in [4.69, 9.17) is 0 Å². The van der Waals surface area contributed by atoms with Crippen LogP contribution in [0.5, 0.6) is 0 Å². The third-order valence-electron chi connectivity index (χ3n) is 4.05. The quantitative estimate of drug-likeness (QED) is 0.725. The summed E-state index contributed by atoms with van der Waals surface area (Å²) in [6.45, 7) is 2.57. The van der Waals surface area contributed by atoms with Gasteiger partial charge in [-0.3, -0.25) is 0 Å². The molecule has 128 valence electrons. The van der Waals surface area contributed by atoms with Crippen LogP contribution in [0.2, 0.25) is 0 Å². The zero-order valence-corrected chi connectivity index (χ0v) is 14.2. The van der Waals surface area contributed by atoms with Gasteiger partial charge >= 0.3 is 6.03 Å². The summed E-state index contributed by atoms with van der Waals surface area (Å²) >= 11 is 0. The molecule has 0 fully saturated rings. The second-order valence-corrected chi connectivity index (χ2v) is 5.90. The highest BCUT2D eigenvalue weighted by Gasteiger charge is 2.08. The van der Waals surface area contributed by atoms with Crippen LogP contribution < -0.4 is 10.6 Å². The summed E-state index contributed by atoms with van der Waals surface area (Å²) in [6.07, 6.45) is 4.45. The van der Waals surface area contributed by atoms with E-state index < -0.39 is 0 Å². The van der Waals surface area contributed by atoms with Gasteiger partial charge in [0.1, 0.15) is 0 Å². The Morgan fingerprint density at radius 3 is 2.52 bits per heavy atom. The molecule has 3 rings (SSSR count). The number of rotatable bonds is 6. The normalized spacial score (nSPS) is 11.7. The van der Waals surface area contributed by atoms with Crippen molar-refractivity contribution >= 4 is 6.03 Å². The number of nitrogens with one attached hydrogen (secondary N) is 2. The van der Waals surface area contributed by atoms with E-state index in [1.807, 2.05) is 66.3 Å². The van der Waals surface area contributed by atoms with Crippen molar-refractivity contribution in [3.8, 4) is 5.69 Å². The Labute approximate surface area is 147 Å². The summed E-state index contributed by atoms with van der Waals surface area (Å²) in [4.78, 5) is 12.0. The van der Waals surface area contributed by atoms with Crippen LogP contribution >= 0.6 is 0 Å². The predicted octanol–water partition coefficient (Wildman–Crippen LogP) is 3.48. The highest BCUT2D eigenvalue weighted by molar-refractivity contribution is 5.74. The number of carbonyl (C=O) groups excluding carboxylic acids is 1. The van der Waals surface area contributed by atoms with Gasteiger partial charge in [-0.25, -0.2) is 9.48 Å². The van der Waals surface area contributed by atoms with E-state index in [1.165, 1.54) is 5.56 Å². The molecule has 1 aromatic heterocycles. The maximum absolute atomic E-state index is 12.0. The molecule has 0 bridgehead atoms. The van der Waals surface area contributed by atoms with Crippen molar-refractivity contribution in [2.75, 3.05) is 6.54 Å². The first-order chi connectivity index (χ1) is 12.2. The van der Waals surface area contributed by atoms with Crippen molar-refractivity contribution in [1.29, 1.82) is 0 Å². The molecule has 0 aliphatic rings. The molecule has 3 aromatic rings. The summed E-state index contributed by atoms with van der Waals surface area (Å²) in [5.41, 5.74) is 3.29. The number of urea groups is 1. The minimum absolute atomic E-state index is 0.0189. The van der Waals surface area contributed by atoms with E-state index in [0.29, 0.717) is 6.54 Å². The summed E-state index contributed by atoms with van der Waals surface area (Å²) in [5.74, 6) is 0. The summed E-state index contributed by atoms with van der Waals surface area (Å²) in [6, 6.07) is 19.8. The van der Waals surface area contributed by atoms with E-state index in [9.17, 15) is 4.79 Å². The van der Waals surface area contributed by atoms with Crippen LogP contribution in [0.4, 0.5) is 4.79 Å². The largest absolute Gasteiger partial charge is 0.338 e. The maximum atomic E-state index is 12.0. The van der Waals surface area contributed by atoms with E-state index in [0.717, 1.165) is 17.7 Å². The topological polar surface area (TPSA) is 59.0 Å². The van der Waals surface area contributed by atoms with E-state index >= 15 is 0 Å². The minimum Gasteiger partial charge on any atom is -0.338 e. The van der Waals surface area contributed by atoms with Crippen LogP contribution in [0, 0.1) is 0 Å². The van der Waals surface area contributed by atoms with Gasteiger partial charge in [-0.05, 0) is 42.7 Å². The SMILES string of the molecule is CC(NC(=O)NCCc1ccc(-n2cccn2)cc1)c1ccccc1. The predicted molar refractivity (Wildman–Crippen MR) is 98.7 cm³/mol. The van der Waals surface area contributed by atoms with Crippen LogP contribution in [0.1, 0.15) is 24.1 Å². The molecule has 2 amide bonds. The molecule has 5 heteroatoms. The lowest BCUT2D eigenvalue weighted by Crippen LogP contribution is -2.38. The van der Waals surface area contributed by atoms with Gasteiger partial charge < -0.3 is 10.6 Å². The van der Waals surface area contributed by atoms with Gasteiger partial charge in [0.15, 0.2) is 0 Å². The summed E-state index contributed by atoms with van der Waals surface area (Å²) in [7, 11) is 0. The number of hydrogen-bond acceptors (Lipinski definition) is 2. The van der Waals surface area contributed by atoms with Crippen molar-refractivity contribution in [3.63, 3.8) is 0 Å². The molecule has 0 saturated heterocycles. The molecule has 0 aliphatic heterocycles. The van der Waals surface area contributed by atoms with E-state index in [2.05, 4.69) is 27.9 Å². The fourth-order valence-electron chi connectivity index (χ4n) is 2.63. The summed E-state index contributed by atoms with van der Waals surface area (Å²) < 4.78 is 1.82. The standard InChI is InChI=1S/C20H22N4O/c1-16(18-6-3-2-4-7-18)23-20(25)21-14-12-17-8-10-19(11-9-17)24-15-5-13-22-24/h2-11,13,15-16H,12,14H2,1H3,(H2,21,23,25). The van der Waals surface area contributed by atoms with Crippen LogP contribution in [0.3, 0.4) is 0 Å². The van der Waals surface area contributed by atoms with Gasteiger partial charge in [0.05, 0.1) is 11.7 Å². The minimum atomic E-state index is -0.149. The number of nitrogens with zero attached hydrogens (tertiary/aromatic N) is 2. The smallest absolute Gasteiger partial charge is 0.315 e. The number of carbonyl (C=O) groups is 1. The van der Waals surface area contributed by atoms with Crippen LogP contribution in [-0.4, -0.2) is 22.4 Å². The van der Waals surface area contributed by atoms with Crippen LogP contribution in [0.25, 0.3) is 5.69 Å². The number of amides is 2. The Bertz CT molecular complexity index is 782. The van der Waals surface area contributed by atoms with Crippen LogP contribution in [0.15, 0.2) is 73.1 Å². The fraction of sp³-hybridized carbons (Fsp3) is 0.200. The third-order valence-corrected chi connectivity index (χ3v) is 4.05. The molecule has 2 N–H and O–H groups in total. The molecular formula is C20H22N4O. The van der Waals surface area contributed by atoms with E-state index in [1.54, 1.807) is 6.20 Å². The molecule has 1 atom stereocenters. The molecular weight excluding hydrogens is 312 g/mol. The molecule has 0 spiro atoms. The van der Waals surface area contributed by atoms with Gasteiger partial charge in [0.25, 0.3) is 0 Å². The molecule has 25 heavy (non-hydrogen) atoms. The Morgan fingerprint density at radius 1 is 1.08 bits per heavy atom.